The number of aromatic amines is 1. The number of aromatic nitrogens is 2. The highest BCUT2D eigenvalue weighted by atomic mass is 32.2. The van der Waals surface area contributed by atoms with Crippen molar-refractivity contribution in [3.63, 3.8) is 0 Å². The lowest BCUT2D eigenvalue weighted by Crippen LogP contribution is -2.14. The van der Waals surface area contributed by atoms with Crippen LogP contribution >= 0.6 is 0 Å². The molecule has 0 saturated heterocycles. The van der Waals surface area contributed by atoms with E-state index < -0.39 is 15.9 Å². The molecule has 1 aromatic heterocycles. The number of rotatable bonds is 9. The van der Waals surface area contributed by atoms with Crippen LogP contribution in [-0.2, 0) is 10.0 Å². The zero-order chi connectivity index (χ0) is 22.4. The summed E-state index contributed by atoms with van der Waals surface area (Å²) in [6, 6.07) is 12.4. The van der Waals surface area contributed by atoms with Crippen LogP contribution in [0.1, 0.15) is 17.4 Å². The predicted molar refractivity (Wildman–Crippen MR) is 115 cm³/mol. The molecule has 0 spiro atoms. The fourth-order valence-electron chi connectivity index (χ4n) is 2.63. The topological polar surface area (TPSA) is 132 Å². The normalized spacial score (nSPS) is 10.9. The van der Waals surface area contributed by atoms with Gasteiger partial charge in [-0.25, -0.2) is 0 Å². The first-order chi connectivity index (χ1) is 14.8. The second kappa shape index (κ2) is 9.39. The number of sulfonamides is 1. The molecule has 0 aliphatic carbocycles. The summed E-state index contributed by atoms with van der Waals surface area (Å²) in [6.45, 7) is 2.36. The summed E-state index contributed by atoms with van der Waals surface area (Å²) in [5, 5.41) is 8.55. The van der Waals surface area contributed by atoms with E-state index in [0.717, 1.165) is 6.07 Å². The maximum Gasteiger partial charge on any atom is 0.278 e. The van der Waals surface area contributed by atoms with Crippen molar-refractivity contribution in [1.29, 1.82) is 0 Å². The van der Waals surface area contributed by atoms with Crippen molar-refractivity contribution in [1.82, 2.24) is 10.2 Å². The van der Waals surface area contributed by atoms with Crippen LogP contribution in [0.3, 0.4) is 0 Å². The first-order valence-electron chi connectivity index (χ1n) is 9.20. The van der Waals surface area contributed by atoms with Gasteiger partial charge in [-0.15, -0.1) is 0 Å². The molecule has 0 saturated carbocycles. The SMILES string of the molecule is CCOc1ccc(NS(=O)(=O)c2cc(C(=O)Nc3cc(OC)cc(OC)c3)n[nH]2)cc1. The lowest BCUT2D eigenvalue weighted by molar-refractivity contribution is 0.102. The van der Waals surface area contributed by atoms with E-state index in [0.29, 0.717) is 35.2 Å². The van der Waals surface area contributed by atoms with Gasteiger partial charge in [0.05, 0.1) is 20.8 Å². The Labute approximate surface area is 179 Å². The van der Waals surface area contributed by atoms with Crippen LogP contribution in [0, 0.1) is 0 Å². The molecule has 1 heterocycles. The number of hydrogen-bond donors (Lipinski definition) is 3. The average Bonchev–Trinajstić information content (AvgIpc) is 3.26. The smallest absolute Gasteiger partial charge is 0.278 e. The monoisotopic (exact) mass is 446 g/mol. The Morgan fingerprint density at radius 3 is 2.19 bits per heavy atom. The zero-order valence-corrected chi connectivity index (χ0v) is 17.9. The van der Waals surface area contributed by atoms with Crippen LogP contribution in [0.25, 0.3) is 0 Å². The van der Waals surface area contributed by atoms with E-state index in [1.165, 1.54) is 14.2 Å². The van der Waals surface area contributed by atoms with Gasteiger partial charge in [0.2, 0.25) is 0 Å². The molecular formula is C20H22N4O6S. The summed E-state index contributed by atoms with van der Waals surface area (Å²) in [6.07, 6.45) is 0. The fourth-order valence-corrected chi connectivity index (χ4v) is 3.62. The number of methoxy groups -OCH3 is 2. The zero-order valence-electron chi connectivity index (χ0n) is 17.1. The van der Waals surface area contributed by atoms with Crippen molar-refractivity contribution in [2.24, 2.45) is 0 Å². The molecule has 3 N–H and O–H groups in total. The molecule has 0 atom stereocenters. The molecule has 164 valence electrons. The summed E-state index contributed by atoms with van der Waals surface area (Å²) in [4.78, 5) is 12.5. The Morgan fingerprint density at radius 2 is 1.61 bits per heavy atom. The average molecular weight is 446 g/mol. The van der Waals surface area contributed by atoms with Crippen molar-refractivity contribution >= 4 is 27.3 Å². The van der Waals surface area contributed by atoms with Crippen LogP contribution in [0.5, 0.6) is 17.2 Å². The van der Waals surface area contributed by atoms with Gasteiger partial charge in [-0.1, -0.05) is 0 Å². The Kier molecular flexibility index (Phi) is 6.65. The Morgan fingerprint density at radius 1 is 0.968 bits per heavy atom. The van der Waals surface area contributed by atoms with Crippen LogP contribution in [-0.4, -0.2) is 45.3 Å². The number of hydrogen-bond acceptors (Lipinski definition) is 7. The van der Waals surface area contributed by atoms with E-state index in [4.69, 9.17) is 14.2 Å². The molecule has 11 heteroatoms. The van der Waals surface area contributed by atoms with E-state index >= 15 is 0 Å². The van der Waals surface area contributed by atoms with Crippen LogP contribution in [0.2, 0.25) is 0 Å². The Hall–Kier alpha value is -3.73. The molecule has 0 unspecified atom stereocenters. The number of benzene rings is 2. The van der Waals surface area contributed by atoms with Gasteiger partial charge in [0.25, 0.3) is 15.9 Å². The summed E-state index contributed by atoms with van der Waals surface area (Å²) >= 11 is 0. The minimum atomic E-state index is -3.97. The second-order valence-corrected chi connectivity index (χ2v) is 7.89. The summed E-state index contributed by atoms with van der Waals surface area (Å²) in [5.74, 6) is 0.994. The van der Waals surface area contributed by atoms with Gasteiger partial charge in [-0.3, -0.25) is 14.6 Å². The number of H-pyrrole nitrogens is 1. The molecular weight excluding hydrogens is 424 g/mol. The fraction of sp³-hybridized carbons (Fsp3) is 0.200. The van der Waals surface area contributed by atoms with Gasteiger partial charge in [-0.05, 0) is 31.2 Å². The van der Waals surface area contributed by atoms with E-state index in [9.17, 15) is 13.2 Å². The Balaban J connectivity index is 1.73. The third-order valence-corrected chi connectivity index (χ3v) is 5.40. The minimum absolute atomic E-state index is 0.103. The molecule has 3 rings (SSSR count). The van der Waals surface area contributed by atoms with Crippen molar-refractivity contribution in [3.05, 3.63) is 54.2 Å². The largest absolute Gasteiger partial charge is 0.497 e. The molecule has 0 aliphatic heterocycles. The maximum absolute atomic E-state index is 12.6. The molecule has 0 aliphatic rings. The van der Waals surface area contributed by atoms with E-state index in [1.54, 1.807) is 42.5 Å². The molecule has 1 amide bonds. The molecule has 2 aromatic carbocycles. The lowest BCUT2D eigenvalue weighted by atomic mass is 10.2. The van der Waals surface area contributed by atoms with Gasteiger partial charge in [0, 0.05) is 35.6 Å². The highest BCUT2D eigenvalue weighted by Crippen LogP contribution is 2.26. The molecule has 0 fully saturated rings. The number of amides is 1. The quantitative estimate of drug-likeness (QED) is 0.460. The lowest BCUT2D eigenvalue weighted by Gasteiger charge is -2.09. The van der Waals surface area contributed by atoms with Crippen molar-refractivity contribution in [2.75, 3.05) is 30.9 Å². The highest BCUT2D eigenvalue weighted by molar-refractivity contribution is 7.92. The van der Waals surface area contributed by atoms with Crippen molar-refractivity contribution in [2.45, 2.75) is 11.9 Å². The number of carbonyl (C=O) groups is 1. The van der Waals surface area contributed by atoms with Gasteiger partial charge in [-0.2, -0.15) is 13.5 Å². The summed E-state index contributed by atoms with van der Waals surface area (Å²) in [7, 11) is -0.997. The number of anilines is 2. The van der Waals surface area contributed by atoms with Crippen molar-refractivity contribution in [3.8, 4) is 17.2 Å². The van der Waals surface area contributed by atoms with Gasteiger partial charge < -0.3 is 19.5 Å². The third-order valence-electron chi connectivity index (χ3n) is 4.10. The highest BCUT2D eigenvalue weighted by Gasteiger charge is 2.20. The van der Waals surface area contributed by atoms with Gasteiger partial charge in [0.1, 0.15) is 17.2 Å². The molecule has 3 aromatic rings. The molecule has 31 heavy (non-hydrogen) atoms. The number of nitrogens with one attached hydrogen (secondary N) is 3. The minimum Gasteiger partial charge on any atom is -0.497 e. The first-order valence-corrected chi connectivity index (χ1v) is 10.7. The van der Waals surface area contributed by atoms with Crippen molar-refractivity contribution < 1.29 is 27.4 Å². The van der Waals surface area contributed by atoms with Crippen LogP contribution in [0.15, 0.2) is 53.6 Å². The van der Waals surface area contributed by atoms with E-state index in [1.807, 2.05) is 6.92 Å². The molecule has 0 bridgehead atoms. The third kappa shape index (κ3) is 5.45. The first kappa shape index (κ1) is 22.0. The summed E-state index contributed by atoms with van der Waals surface area (Å²) in [5.41, 5.74) is 0.641. The molecule has 0 radical (unpaired) electrons. The van der Waals surface area contributed by atoms with E-state index in [2.05, 4.69) is 20.2 Å². The standard InChI is InChI=1S/C20H22N4O6S/c1-4-30-15-7-5-13(6-8-15)24-31(26,27)19-12-18(22-23-19)20(25)21-14-9-16(28-2)11-17(10-14)29-3/h5-12,24H,4H2,1-3H3,(H,21,25)(H,22,23). The van der Waals surface area contributed by atoms with E-state index in [-0.39, 0.29) is 10.7 Å². The number of carbonyl (C=O) groups excluding carboxylic acids is 1. The van der Waals surface area contributed by atoms with Crippen LogP contribution < -0.4 is 24.2 Å². The number of nitrogens with zero attached hydrogens (tertiary/aromatic N) is 1. The number of ether oxygens (including phenoxy) is 3. The van der Waals surface area contributed by atoms with Crippen LogP contribution in [0.4, 0.5) is 11.4 Å². The second-order valence-electron chi connectivity index (χ2n) is 6.24. The van der Waals surface area contributed by atoms with Gasteiger partial charge >= 0.3 is 0 Å². The Bertz CT molecular complexity index is 1140. The molecule has 10 nitrogen and oxygen atoms in total. The predicted octanol–water partition coefficient (Wildman–Crippen LogP) is 2.88. The summed E-state index contributed by atoms with van der Waals surface area (Å²) < 4.78 is 43.3. The van der Waals surface area contributed by atoms with Gasteiger partial charge in [0.15, 0.2) is 10.7 Å². The maximum atomic E-state index is 12.6.